The van der Waals surface area contributed by atoms with E-state index in [1.54, 1.807) is 0 Å². The highest BCUT2D eigenvalue weighted by molar-refractivity contribution is 14.1. The molecule has 0 atom stereocenters. The van der Waals surface area contributed by atoms with E-state index in [9.17, 15) is 0 Å². The number of hydrogen-bond acceptors (Lipinski definition) is 4. The highest BCUT2D eigenvalue weighted by atomic mass is 127. The fourth-order valence-electron chi connectivity index (χ4n) is 1.83. The van der Waals surface area contributed by atoms with Crippen molar-refractivity contribution in [2.75, 3.05) is 26.4 Å². The van der Waals surface area contributed by atoms with Crippen molar-refractivity contribution >= 4 is 46.6 Å². The summed E-state index contributed by atoms with van der Waals surface area (Å²) in [7, 11) is 0. The Hall–Kier alpha value is -0.310. The Balaban J connectivity index is 0.00000242. The maximum absolute atomic E-state index is 8.58. The van der Waals surface area contributed by atoms with Gasteiger partial charge in [-0.05, 0) is 52.9 Å². The number of aliphatic hydroxyl groups excluding tert-OH is 1. The van der Waals surface area contributed by atoms with Crippen LogP contribution in [-0.4, -0.2) is 31.5 Å². The number of nitrogens with one attached hydrogen (secondary N) is 1. The molecule has 122 valence electrons. The smallest absolute Gasteiger partial charge is 0.135 e. The van der Waals surface area contributed by atoms with E-state index in [1.165, 1.54) is 0 Å². The molecule has 0 radical (unpaired) electrons. The van der Waals surface area contributed by atoms with Gasteiger partial charge in [0.25, 0.3) is 0 Å². The number of ether oxygens (including phenoxy) is 1. The van der Waals surface area contributed by atoms with E-state index in [1.807, 2.05) is 30.3 Å². The van der Waals surface area contributed by atoms with Crippen molar-refractivity contribution in [3.05, 3.63) is 44.7 Å². The Kier molecular flexibility index (Phi) is 9.39. The molecule has 4 nitrogen and oxygen atoms in total. The molecule has 2 N–H and O–H groups in total. The van der Waals surface area contributed by atoms with Gasteiger partial charge in [0, 0.05) is 15.7 Å². The van der Waals surface area contributed by atoms with Gasteiger partial charge >= 0.3 is 0 Å². The molecule has 1 aromatic heterocycles. The predicted molar refractivity (Wildman–Crippen MR) is 98.7 cm³/mol. The van der Waals surface area contributed by atoms with Crippen molar-refractivity contribution < 1.29 is 14.3 Å². The van der Waals surface area contributed by atoms with Crippen LogP contribution < -0.4 is 5.32 Å². The minimum absolute atomic E-state index is 0. The van der Waals surface area contributed by atoms with Crippen LogP contribution in [0.25, 0.3) is 11.3 Å². The average molecular weight is 458 g/mol. The molecule has 2 aromatic rings. The van der Waals surface area contributed by atoms with Crippen molar-refractivity contribution in [1.29, 1.82) is 0 Å². The third-order valence-corrected chi connectivity index (χ3v) is 3.80. The molecular formula is C15H18Cl2INO3. The molecule has 1 heterocycles. The summed E-state index contributed by atoms with van der Waals surface area (Å²) in [4.78, 5) is 0. The lowest BCUT2D eigenvalue weighted by atomic mass is 10.2. The number of hydrogen-bond donors (Lipinski definition) is 2. The highest BCUT2D eigenvalue weighted by Crippen LogP contribution is 2.30. The third-order valence-electron chi connectivity index (χ3n) is 2.82. The topological polar surface area (TPSA) is 54.6 Å². The van der Waals surface area contributed by atoms with E-state index in [0.717, 1.165) is 20.7 Å². The SMILES string of the molecule is Cl.OCCOCCNCc1ccc(-c2ccc(I)cc2Cl)o1. The predicted octanol–water partition coefficient (Wildman–Crippen LogP) is 3.72. The third kappa shape index (κ3) is 6.06. The van der Waals surface area contributed by atoms with Crippen molar-refractivity contribution in [3.63, 3.8) is 0 Å². The zero-order valence-electron chi connectivity index (χ0n) is 11.9. The van der Waals surface area contributed by atoms with Crippen LogP contribution in [0.4, 0.5) is 0 Å². The standard InChI is InChI=1S/C15H17ClINO3.ClH/c16-14-9-11(17)1-3-13(14)15-4-2-12(21-15)10-18-5-7-20-8-6-19;/h1-4,9,18-19H,5-8,10H2;1H. The molecule has 0 saturated heterocycles. The van der Waals surface area contributed by atoms with Gasteiger partial charge in [0.05, 0.1) is 31.4 Å². The van der Waals surface area contributed by atoms with Crippen LogP contribution in [0.15, 0.2) is 34.7 Å². The first-order valence-electron chi connectivity index (χ1n) is 6.64. The fraction of sp³-hybridized carbons (Fsp3) is 0.333. The first-order valence-corrected chi connectivity index (χ1v) is 8.10. The molecule has 22 heavy (non-hydrogen) atoms. The summed E-state index contributed by atoms with van der Waals surface area (Å²) in [5.74, 6) is 1.62. The molecule has 7 heteroatoms. The zero-order valence-corrected chi connectivity index (χ0v) is 15.6. The lowest BCUT2D eigenvalue weighted by Crippen LogP contribution is -2.19. The molecule has 0 bridgehead atoms. The first kappa shape index (κ1) is 19.7. The van der Waals surface area contributed by atoms with Crippen LogP contribution >= 0.6 is 46.6 Å². The molecule has 2 rings (SSSR count). The number of halogens is 3. The minimum atomic E-state index is 0. The summed E-state index contributed by atoms with van der Waals surface area (Å²) in [5, 5.41) is 12.5. The van der Waals surface area contributed by atoms with Gasteiger partial charge in [-0.25, -0.2) is 0 Å². The summed E-state index contributed by atoms with van der Waals surface area (Å²) in [6.45, 7) is 2.33. The Morgan fingerprint density at radius 2 is 2.05 bits per heavy atom. The van der Waals surface area contributed by atoms with Gasteiger partial charge in [-0.15, -0.1) is 12.4 Å². The molecule has 0 fully saturated rings. The molecule has 0 saturated carbocycles. The lowest BCUT2D eigenvalue weighted by Gasteiger charge is -2.04. The van der Waals surface area contributed by atoms with Crippen LogP contribution in [-0.2, 0) is 11.3 Å². The molecule has 0 spiro atoms. The van der Waals surface area contributed by atoms with Gasteiger partial charge < -0.3 is 19.6 Å². The van der Waals surface area contributed by atoms with Gasteiger partial charge in [0.1, 0.15) is 11.5 Å². The Labute approximate surface area is 154 Å². The summed E-state index contributed by atoms with van der Waals surface area (Å²) >= 11 is 8.46. The maximum Gasteiger partial charge on any atom is 0.135 e. The van der Waals surface area contributed by atoms with Crippen molar-refractivity contribution in [3.8, 4) is 11.3 Å². The summed E-state index contributed by atoms with van der Waals surface area (Å²) < 4.78 is 12.0. The molecular weight excluding hydrogens is 440 g/mol. The normalized spacial score (nSPS) is 10.5. The molecule has 1 aromatic carbocycles. The zero-order chi connectivity index (χ0) is 15.1. The molecule has 0 amide bonds. The van der Waals surface area contributed by atoms with E-state index in [2.05, 4.69) is 27.9 Å². The van der Waals surface area contributed by atoms with Gasteiger partial charge in [0.2, 0.25) is 0 Å². The van der Waals surface area contributed by atoms with Crippen LogP contribution in [0.1, 0.15) is 5.76 Å². The second-order valence-electron chi connectivity index (χ2n) is 4.40. The van der Waals surface area contributed by atoms with E-state index in [0.29, 0.717) is 31.3 Å². The molecule has 0 unspecified atom stereocenters. The molecule has 0 aliphatic carbocycles. The quantitative estimate of drug-likeness (QED) is 0.468. The van der Waals surface area contributed by atoms with Gasteiger partial charge in [-0.1, -0.05) is 11.6 Å². The fourth-order valence-corrected chi connectivity index (χ4v) is 2.78. The van der Waals surface area contributed by atoms with E-state index < -0.39 is 0 Å². The van der Waals surface area contributed by atoms with E-state index >= 15 is 0 Å². The van der Waals surface area contributed by atoms with E-state index in [4.69, 9.17) is 25.9 Å². The second-order valence-corrected chi connectivity index (χ2v) is 6.06. The van der Waals surface area contributed by atoms with Crippen LogP contribution in [0, 0.1) is 3.57 Å². The summed E-state index contributed by atoms with van der Waals surface area (Å²) in [6, 6.07) is 9.73. The van der Waals surface area contributed by atoms with Crippen LogP contribution in [0.5, 0.6) is 0 Å². The van der Waals surface area contributed by atoms with Crippen LogP contribution in [0.3, 0.4) is 0 Å². The lowest BCUT2D eigenvalue weighted by molar-refractivity contribution is 0.0936. The van der Waals surface area contributed by atoms with Crippen molar-refractivity contribution in [2.24, 2.45) is 0 Å². The maximum atomic E-state index is 8.58. The van der Waals surface area contributed by atoms with Gasteiger partial charge in [-0.3, -0.25) is 0 Å². The monoisotopic (exact) mass is 457 g/mol. The average Bonchev–Trinajstić information content (AvgIpc) is 2.91. The second kappa shape index (κ2) is 10.5. The molecule has 0 aliphatic heterocycles. The Morgan fingerprint density at radius 3 is 2.77 bits per heavy atom. The van der Waals surface area contributed by atoms with E-state index in [-0.39, 0.29) is 19.0 Å². The van der Waals surface area contributed by atoms with Crippen molar-refractivity contribution in [1.82, 2.24) is 5.32 Å². The van der Waals surface area contributed by atoms with Gasteiger partial charge in [0.15, 0.2) is 0 Å². The number of aliphatic hydroxyl groups is 1. The molecule has 0 aliphatic rings. The number of benzene rings is 1. The van der Waals surface area contributed by atoms with Crippen molar-refractivity contribution in [2.45, 2.75) is 6.54 Å². The largest absolute Gasteiger partial charge is 0.460 e. The number of furan rings is 1. The number of rotatable bonds is 8. The summed E-state index contributed by atoms with van der Waals surface area (Å²) in [6.07, 6.45) is 0. The summed E-state index contributed by atoms with van der Waals surface area (Å²) in [5.41, 5.74) is 0.898. The Bertz CT molecular complexity index is 578. The highest BCUT2D eigenvalue weighted by Gasteiger charge is 2.08. The van der Waals surface area contributed by atoms with Gasteiger partial charge in [-0.2, -0.15) is 0 Å². The first-order chi connectivity index (χ1) is 10.2. The Morgan fingerprint density at radius 1 is 1.23 bits per heavy atom. The minimum Gasteiger partial charge on any atom is -0.460 e. The van der Waals surface area contributed by atoms with Crippen LogP contribution in [0.2, 0.25) is 5.02 Å².